The molecule has 0 aliphatic carbocycles. The van der Waals surface area contributed by atoms with Crippen LogP contribution in [-0.2, 0) is 0 Å². The minimum absolute atomic E-state index is 0.0713. The van der Waals surface area contributed by atoms with Crippen molar-refractivity contribution in [1.29, 1.82) is 0 Å². The molecule has 2 amide bonds. The molecule has 0 spiro atoms. The zero-order valence-corrected chi connectivity index (χ0v) is 10.5. The van der Waals surface area contributed by atoms with Gasteiger partial charge in [0.05, 0.1) is 11.1 Å². The third kappa shape index (κ3) is 1.91. The summed E-state index contributed by atoms with van der Waals surface area (Å²) in [6.45, 7) is 0.0728. The van der Waals surface area contributed by atoms with Gasteiger partial charge in [-0.3, -0.25) is 23.9 Å². The number of aromatic nitrogens is 2. The van der Waals surface area contributed by atoms with E-state index in [2.05, 4.69) is 4.98 Å². The van der Waals surface area contributed by atoms with E-state index in [1.54, 1.807) is 24.3 Å². The van der Waals surface area contributed by atoms with Crippen molar-refractivity contribution < 1.29 is 14.4 Å². The molecule has 0 radical (unpaired) electrons. The number of carbonyl (C=O) groups is 3. The number of hydrogen-bond donors (Lipinski definition) is 0. The Bertz CT molecular complexity index is 656. The van der Waals surface area contributed by atoms with E-state index in [1.165, 1.54) is 23.3 Å². The van der Waals surface area contributed by atoms with E-state index < -0.39 is 0 Å². The van der Waals surface area contributed by atoms with Crippen LogP contribution in [0.5, 0.6) is 0 Å². The topological polar surface area (TPSA) is 72.3 Å². The van der Waals surface area contributed by atoms with Gasteiger partial charge in [-0.2, -0.15) is 0 Å². The van der Waals surface area contributed by atoms with Crippen molar-refractivity contribution in [2.75, 3.05) is 6.54 Å². The highest BCUT2D eigenvalue weighted by molar-refractivity contribution is 6.21. The van der Waals surface area contributed by atoms with Gasteiger partial charge in [-0.25, -0.2) is 4.98 Å². The Balaban J connectivity index is 1.73. The van der Waals surface area contributed by atoms with Crippen molar-refractivity contribution in [3.05, 3.63) is 54.1 Å². The Labute approximate surface area is 114 Å². The van der Waals surface area contributed by atoms with Gasteiger partial charge in [0.1, 0.15) is 6.33 Å². The number of hydrogen-bond acceptors (Lipinski definition) is 4. The molecule has 1 aliphatic heterocycles. The van der Waals surface area contributed by atoms with Gasteiger partial charge in [-0.05, 0) is 12.1 Å². The fourth-order valence-corrected chi connectivity index (χ4v) is 2.19. The standard InChI is InChI=1S/C14H11N3O3/c18-12(16-8-6-15-9-16)5-7-17-13(19)10-3-1-2-4-11(10)14(17)20/h1-4,6,8-9H,5,7H2. The molecule has 2 aromatic rings. The molecule has 0 bridgehead atoms. The summed E-state index contributed by atoms with van der Waals surface area (Å²) in [5.41, 5.74) is 0.792. The molecular formula is C14H11N3O3. The molecule has 1 aromatic heterocycles. The zero-order valence-electron chi connectivity index (χ0n) is 10.5. The van der Waals surface area contributed by atoms with Gasteiger partial charge in [-0.15, -0.1) is 0 Å². The Morgan fingerprint density at radius 1 is 1.10 bits per heavy atom. The highest BCUT2D eigenvalue weighted by atomic mass is 16.2. The third-order valence-electron chi connectivity index (χ3n) is 3.22. The lowest BCUT2D eigenvalue weighted by Gasteiger charge is -2.12. The van der Waals surface area contributed by atoms with E-state index in [-0.39, 0.29) is 30.7 Å². The Hall–Kier alpha value is -2.76. The normalized spacial score (nSPS) is 13.7. The Kier molecular flexibility index (Phi) is 2.90. The zero-order chi connectivity index (χ0) is 14.1. The van der Waals surface area contributed by atoms with Crippen molar-refractivity contribution in [2.24, 2.45) is 0 Å². The highest BCUT2D eigenvalue weighted by Crippen LogP contribution is 2.22. The molecule has 6 nitrogen and oxygen atoms in total. The number of benzene rings is 1. The smallest absolute Gasteiger partial charge is 0.261 e. The van der Waals surface area contributed by atoms with Crippen LogP contribution in [0.3, 0.4) is 0 Å². The monoisotopic (exact) mass is 269 g/mol. The maximum Gasteiger partial charge on any atom is 0.261 e. The van der Waals surface area contributed by atoms with Crippen LogP contribution in [0, 0.1) is 0 Å². The van der Waals surface area contributed by atoms with Crippen molar-refractivity contribution in [3.63, 3.8) is 0 Å². The molecule has 0 fully saturated rings. The molecule has 1 aliphatic rings. The minimum Gasteiger partial charge on any atom is -0.276 e. The van der Waals surface area contributed by atoms with Crippen LogP contribution in [0.2, 0.25) is 0 Å². The van der Waals surface area contributed by atoms with Gasteiger partial charge < -0.3 is 0 Å². The van der Waals surface area contributed by atoms with Crippen LogP contribution < -0.4 is 0 Å². The van der Waals surface area contributed by atoms with Gasteiger partial charge >= 0.3 is 0 Å². The van der Waals surface area contributed by atoms with E-state index in [4.69, 9.17) is 0 Å². The van der Waals surface area contributed by atoms with Gasteiger partial charge in [0.2, 0.25) is 5.91 Å². The van der Waals surface area contributed by atoms with Gasteiger partial charge in [0.25, 0.3) is 11.8 Å². The van der Waals surface area contributed by atoms with Crippen LogP contribution in [0.25, 0.3) is 0 Å². The largest absolute Gasteiger partial charge is 0.276 e. The summed E-state index contributed by atoms with van der Waals surface area (Å²) in [5.74, 6) is -0.896. The first-order chi connectivity index (χ1) is 9.68. The molecule has 0 saturated carbocycles. The molecule has 0 saturated heterocycles. The third-order valence-corrected chi connectivity index (χ3v) is 3.22. The summed E-state index contributed by atoms with van der Waals surface area (Å²) in [4.78, 5) is 40.9. The summed E-state index contributed by atoms with van der Waals surface area (Å²) >= 11 is 0. The summed E-state index contributed by atoms with van der Waals surface area (Å²) in [5, 5.41) is 0. The number of imidazole rings is 1. The van der Waals surface area contributed by atoms with Gasteiger partial charge in [-0.1, -0.05) is 12.1 Å². The van der Waals surface area contributed by atoms with Crippen LogP contribution in [-0.4, -0.2) is 38.7 Å². The fourth-order valence-electron chi connectivity index (χ4n) is 2.19. The Morgan fingerprint density at radius 2 is 1.75 bits per heavy atom. The lowest BCUT2D eigenvalue weighted by atomic mass is 10.1. The molecule has 6 heteroatoms. The molecule has 2 heterocycles. The lowest BCUT2D eigenvalue weighted by Crippen LogP contribution is -2.32. The highest BCUT2D eigenvalue weighted by Gasteiger charge is 2.34. The molecule has 100 valence electrons. The van der Waals surface area contributed by atoms with E-state index in [9.17, 15) is 14.4 Å². The van der Waals surface area contributed by atoms with Crippen LogP contribution >= 0.6 is 0 Å². The van der Waals surface area contributed by atoms with Crippen molar-refractivity contribution >= 4 is 17.7 Å². The number of carbonyl (C=O) groups excluding carboxylic acids is 3. The van der Waals surface area contributed by atoms with E-state index in [1.807, 2.05) is 0 Å². The van der Waals surface area contributed by atoms with Crippen LogP contribution in [0.4, 0.5) is 0 Å². The molecule has 0 unspecified atom stereocenters. The number of imide groups is 1. The molecular weight excluding hydrogens is 258 g/mol. The number of rotatable bonds is 3. The second kappa shape index (κ2) is 4.73. The van der Waals surface area contributed by atoms with E-state index >= 15 is 0 Å². The van der Waals surface area contributed by atoms with Crippen LogP contribution in [0.1, 0.15) is 31.9 Å². The van der Waals surface area contributed by atoms with Crippen LogP contribution in [0.15, 0.2) is 43.0 Å². The quantitative estimate of drug-likeness (QED) is 0.785. The second-order valence-electron chi connectivity index (χ2n) is 4.42. The van der Waals surface area contributed by atoms with E-state index in [0.29, 0.717) is 11.1 Å². The summed E-state index contributed by atoms with van der Waals surface area (Å²) in [7, 11) is 0. The first-order valence-electron chi connectivity index (χ1n) is 6.15. The van der Waals surface area contributed by atoms with Crippen molar-refractivity contribution in [1.82, 2.24) is 14.5 Å². The number of amides is 2. The summed E-state index contributed by atoms with van der Waals surface area (Å²) < 4.78 is 1.33. The second-order valence-corrected chi connectivity index (χ2v) is 4.42. The molecule has 1 aromatic carbocycles. The molecule has 3 rings (SSSR count). The average molecular weight is 269 g/mol. The lowest BCUT2D eigenvalue weighted by molar-refractivity contribution is 0.0645. The maximum atomic E-state index is 12.1. The van der Waals surface area contributed by atoms with Crippen molar-refractivity contribution in [3.8, 4) is 0 Å². The molecule has 20 heavy (non-hydrogen) atoms. The molecule has 0 N–H and O–H groups in total. The predicted molar refractivity (Wildman–Crippen MR) is 69.3 cm³/mol. The summed E-state index contributed by atoms with van der Waals surface area (Å²) in [6.07, 6.45) is 4.50. The first kappa shape index (κ1) is 12.3. The molecule has 0 atom stereocenters. The average Bonchev–Trinajstić information content (AvgIpc) is 3.07. The first-order valence-corrected chi connectivity index (χ1v) is 6.15. The minimum atomic E-state index is -0.343. The summed E-state index contributed by atoms with van der Waals surface area (Å²) in [6, 6.07) is 6.66. The number of fused-ring (bicyclic) bond motifs is 1. The maximum absolute atomic E-state index is 12.1. The van der Waals surface area contributed by atoms with Crippen molar-refractivity contribution in [2.45, 2.75) is 6.42 Å². The van der Waals surface area contributed by atoms with E-state index in [0.717, 1.165) is 4.90 Å². The number of nitrogens with zero attached hydrogens (tertiary/aromatic N) is 3. The van der Waals surface area contributed by atoms with Gasteiger partial charge in [0, 0.05) is 25.4 Å². The predicted octanol–water partition coefficient (Wildman–Crippen LogP) is 1.21. The SMILES string of the molecule is O=C1c2ccccc2C(=O)N1CCC(=O)n1ccnc1. The Morgan fingerprint density at radius 3 is 2.30 bits per heavy atom. The fraction of sp³-hybridized carbons (Fsp3) is 0.143. The van der Waals surface area contributed by atoms with Gasteiger partial charge in [0.15, 0.2) is 0 Å².